The first-order valence-electron chi connectivity index (χ1n) is 7.57. The lowest BCUT2D eigenvalue weighted by molar-refractivity contribution is 0.187. The molecule has 0 unspecified atom stereocenters. The van der Waals surface area contributed by atoms with Crippen LogP contribution in [0.4, 0.5) is 10.5 Å². The maximum absolute atomic E-state index is 11.1. The van der Waals surface area contributed by atoms with Gasteiger partial charge in [0.25, 0.3) is 0 Å². The van der Waals surface area contributed by atoms with Crippen LogP contribution in [0, 0.1) is 5.92 Å². The van der Waals surface area contributed by atoms with Crippen molar-refractivity contribution in [2.45, 2.75) is 26.3 Å². The van der Waals surface area contributed by atoms with Gasteiger partial charge < -0.3 is 15.4 Å². The minimum Gasteiger partial charge on any atom is -0.453 e. The van der Waals surface area contributed by atoms with Gasteiger partial charge >= 0.3 is 6.09 Å². The Labute approximate surface area is 154 Å². The number of carbonyl (C=O) groups excluding carboxylic acids is 1. The van der Waals surface area contributed by atoms with Crippen molar-refractivity contribution in [3.63, 3.8) is 0 Å². The maximum Gasteiger partial charge on any atom is 0.411 e. The number of hydrogen-bond acceptors (Lipinski definition) is 3. The number of nitrogens with two attached hydrogens (primary N) is 1. The summed E-state index contributed by atoms with van der Waals surface area (Å²) in [5.41, 5.74) is 7.80. The molecule has 23 heavy (non-hydrogen) atoms. The molecule has 0 aliphatic carbocycles. The zero-order chi connectivity index (χ0) is 15.9. The predicted molar refractivity (Wildman–Crippen MR) is 103 cm³/mol. The van der Waals surface area contributed by atoms with Gasteiger partial charge in [0.2, 0.25) is 0 Å². The Morgan fingerprint density at radius 2 is 1.96 bits per heavy atom. The molecule has 0 atom stereocenters. The predicted octanol–water partition coefficient (Wildman–Crippen LogP) is 3.03. The van der Waals surface area contributed by atoms with Gasteiger partial charge in [-0.3, -0.25) is 5.32 Å². The number of methoxy groups -OCH3 is 1. The van der Waals surface area contributed by atoms with Gasteiger partial charge in [0, 0.05) is 18.8 Å². The Hall–Kier alpha value is -1.51. The molecule has 1 heterocycles. The van der Waals surface area contributed by atoms with Crippen molar-refractivity contribution < 1.29 is 9.53 Å². The van der Waals surface area contributed by atoms with E-state index in [1.165, 1.54) is 20.0 Å². The molecule has 1 aliphatic rings. The maximum atomic E-state index is 11.1. The monoisotopic (exact) mass is 432 g/mol. The number of nitrogens with zero attached hydrogens (tertiary/aromatic N) is 2. The first-order chi connectivity index (χ1) is 10.6. The number of likely N-dealkylation sites (tertiary alicyclic amines) is 1. The highest BCUT2D eigenvalue weighted by Crippen LogP contribution is 2.16. The van der Waals surface area contributed by atoms with E-state index in [1.54, 1.807) is 0 Å². The van der Waals surface area contributed by atoms with Gasteiger partial charge in [0.1, 0.15) is 0 Å². The van der Waals surface area contributed by atoms with E-state index in [4.69, 9.17) is 5.73 Å². The molecule has 1 saturated heterocycles. The lowest BCUT2D eigenvalue weighted by atomic mass is 10.00. The van der Waals surface area contributed by atoms with Crippen LogP contribution in [-0.2, 0) is 11.3 Å². The topological polar surface area (TPSA) is 79.9 Å². The Kier molecular flexibility index (Phi) is 8.15. The number of guanidine groups is 1. The van der Waals surface area contributed by atoms with E-state index < -0.39 is 6.09 Å². The van der Waals surface area contributed by atoms with Gasteiger partial charge in [-0.2, -0.15) is 0 Å². The minimum atomic E-state index is -0.477. The molecule has 1 aromatic carbocycles. The highest BCUT2D eigenvalue weighted by molar-refractivity contribution is 14.0. The SMILES string of the molecule is COC(=O)Nc1ccc(CN=C(N)N2CCC(C)CC2)cc1.I. The van der Waals surface area contributed by atoms with Crippen molar-refractivity contribution in [3.05, 3.63) is 29.8 Å². The quantitative estimate of drug-likeness (QED) is 0.437. The van der Waals surface area contributed by atoms with E-state index in [9.17, 15) is 4.79 Å². The van der Waals surface area contributed by atoms with E-state index in [2.05, 4.69) is 26.9 Å². The van der Waals surface area contributed by atoms with Gasteiger partial charge in [-0.1, -0.05) is 19.1 Å². The second-order valence-electron chi connectivity index (χ2n) is 5.66. The highest BCUT2D eigenvalue weighted by atomic mass is 127. The van der Waals surface area contributed by atoms with Crippen molar-refractivity contribution in [1.82, 2.24) is 4.90 Å². The molecule has 1 fully saturated rings. The van der Waals surface area contributed by atoms with Crippen LogP contribution in [0.1, 0.15) is 25.3 Å². The van der Waals surface area contributed by atoms with Crippen LogP contribution in [0.3, 0.4) is 0 Å². The molecule has 128 valence electrons. The number of benzene rings is 1. The molecule has 0 aromatic heterocycles. The zero-order valence-corrected chi connectivity index (χ0v) is 15.9. The second-order valence-corrected chi connectivity index (χ2v) is 5.66. The van der Waals surface area contributed by atoms with Crippen molar-refractivity contribution in [2.24, 2.45) is 16.6 Å². The number of piperidine rings is 1. The number of ether oxygens (including phenoxy) is 1. The van der Waals surface area contributed by atoms with Crippen molar-refractivity contribution >= 4 is 41.7 Å². The summed E-state index contributed by atoms with van der Waals surface area (Å²) in [6, 6.07) is 7.47. The molecule has 7 heteroatoms. The number of aliphatic imine (C=N–C) groups is 1. The number of rotatable bonds is 3. The molecular weight excluding hydrogens is 407 g/mol. The van der Waals surface area contributed by atoms with Crippen LogP contribution in [0.2, 0.25) is 0 Å². The minimum absolute atomic E-state index is 0. The Morgan fingerprint density at radius 3 is 2.52 bits per heavy atom. The van der Waals surface area contributed by atoms with E-state index in [1.807, 2.05) is 24.3 Å². The zero-order valence-electron chi connectivity index (χ0n) is 13.6. The summed E-state index contributed by atoms with van der Waals surface area (Å²) in [4.78, 5) is 17.7. The van der Waals surface area contributed by atoms with E-state index in [0.29, 0.717) is 18.2 Å². The van der Waals surface area contributed by atoms with Crippen LogP contribution in [-0.4, -0.2) is 37.2 Å². The molecule has 1 aromatic rings. The largest absolute Gasteiger partial charge is 0.453 e. The lowest BCUT2D eigenvalue weighted by Gasteiger charge is -2.31. The number of amides is 1. The summed E-state index contributed by atoms with van der Waals surface area (Å²) in [5, 5.41) is 2.61. The molecule has 6 nitrogen and oxygen atoms in total. The number of carbonyl (C=O) groups is 1. The molecule has 2 rings (SSSR count). The van der Waals surface area contributed by atoms with Crippen molar-refractivity contribution in [3.8, 4) is 0 Å². The van der Waals surface area contributed by atoms with Crippen LogP contribution in [0.25, 0.3) is 0 Å². The van der Waals surface area contributed by atoms with E-state index >= 15 is 0 Å². The third kappa shape index (κ3) is 6.25. The summed E-state index contributed by atoms with van der Waals surface area (Å²) in [7, 11) is 1.34. The second kappa shape index (κ2) is 9.59. The molecule has 0 radical (unpaired) electrons. The third-order valence-electron chi connectivity index (χ3n) is 3.92. The summed E-state index contributed by atoms with van der Waals surface area (Å²) in [6.07, 6.45) is 1.86. The fraction of sp³-hybridized carbons (Fsp3) is 0.500. The van der Waals surface area contributed by atoms with Gasteiger partial charge in [-0.15, -0.1) is 24.0 Å². The summed E-state index contributed by atoms with van der Waals surface area (Å²) >= 11 is 0. The Morgan fingerprint density at radius 1 is 1.35 bits per heavy atom. The van der Waals surface area contributed by atoms with Gasteiger partial charge in [0.05, 0.1) is 13.7 Å². The molecule has 3 N–H and O–H groups in total. The number of hydrogen-bond donors (Lipinski definition) is 2. The number of anilines is 1. The number of halogens is 1. The average molecular weight is 432 g/mol. The summed E-state index contributed by atoms with van der Waals surface area (Å²) < 4.78 is 4.54. The highest BCUT2D eigenvalue weighted by Gasteiger charge is 2.16. The molecule has 0 saturated carbocycles. The Balaban J connectivity index is 0.00000264. The van der Waals surface area contributed by atoms with E-state index in [-0.39, 0.29) is 24.0 Å². The van der Waals surface area contributed by atoms with Crippen molar-refractivity contribution in [2.75, 3.05) is 25.5 Å². The van der Waals surface area contributed by atoms with Crippen LogP contribution >= 0.6 is 24.0 Å². The standard InChI is InChI=1S/C16H24N4O2.HI/c1-12-7-9-20(10-8-12)15(17)18-11-13-3-5-14(6-4-13)19-16(21)22-2;/h3-6,12H,7-11H2,1-2H3,(H2,17,18)(H,19,21);1H. The van der Waals surface area contributed by atoms with Gasteiger partial charge in [-0.25, -0.2) is 9.79 Å². The summed E-state index contributed by atoms with van der Waals surface area (Å²) in [6.45, 7) is 4.78. The molecule has 0 bridgehead atoms. The van der Waals surface area contributed by atoms with Crippen LogP contribution in [0.15, 0.2) is 29.3 Å². The average Bonchev–Trinajstić information content (AvgIpc) is 2.54. The normalized spacial score (nSPS) is 15.7. The fourth-order valence-corrected chi connectivity index (χ4v) is 2.37. The first kappa shape index (κ1) is 19.5. The van der Waals surface area contributed by atoms with E-state index in [0.717, 1.165) is 24.6 Å². The first-order valence-corrected chi connectivity index (χ1v) is 7.57. The molecule has 1 aliphatic heterocycles. The van der Waals surface area contributed by atoms with Crippen molar-refractivity contribution in [1.29, 1.82) is 0 Å². The fourth-order valence-electron chi connectivity index (χ4n) is 2.37. The molecule has 1 amide bonds. The molecular formula is C16H25IN4O2. The number of nitrogens with one attached hydrogen (secondary N) is 1. The van der Waals surface area contributed by atoms with Crippen LogP contribution < -0.4 is 11.1 Å². The Bertz CT molecular complexity index is 525. The van der Waals surface area contributed by atoms with Gasteiger partial charge in [-0.05, 0) is 36.5 Å². The molecule has 0 spiro atoms. The third-order valence-corrected chi connectivity index (χ3v) is 3.92. The lowest BCUT2D eigenvalue weighted by Crippen LogP contribution is -2.42. The smallest absolute Gasteiger partial charge is 0.411 e. The summed E-state index contributed by atoms with van der Waals surface area (Å²) in [5.74, 6) is 1.39. The van der Waals surface area contributed by atoms with Crippen LogP contribution in [0.5, 0.6) is 0 Å². The van der Waals surface area contributed by atoms with Gasteiger partial charge in [0.15, 0.2) is 5.96 Å².